The Kier molecular flexibility index (Phi) is 2.96. The molecule has 2 atom stereocenters. The van der Waals surface area contributed by atoms with Gasteiger partial charge in [-0.05, 0) is 11.6 Å². The molecule has 0 radical (unpaired) electrons. The van der Waals surface area contributed by atoms with Crippen LogP contribution in [-0.4, -0.2) is 30.8 Å². The summed E-state index contributed by atoms with van der Waals surface area (Å²) in [5.41, 5.74) is 1.35. The number of hydrogen-bond donors (Lipinski definition) is 2. The van der Waals surface area contributed by atoms with Crippen molar-refractivity contribution < 1.29 is 18.6 Å². The summed E-state index contributed by atoms with van der Waals surface area (Å²) in [7, 11) is 1.49. The number of methoxy groups -OCH3 is 1. The van der Waals surface area contributed by atoms with Gasteiger partial charge in [-0.2, -0.15) is 0 Å². The van der Waals surface area contributed by atoms with Crippen molar-refractivity contribution in [3.8, 4) is 5.75 Å². The van der Waals surface area contributed by atoms with Gasteiger partial charge in [-0.3, -0.25) is 0 Å². The fourth-order valence-electron chi connectivity index (χ4n) is 1.93. The molecular formula is C11H13F2NO2. The van der Waals surface area contributed by atoms with E-state index in [1.165, 1.54) is 7.11 Å². The predicted octanol–water partition coefficient (Wildman–Crippen LogP) is 1.66. The van der Waals surface area contributed by atoms with E-state index in [2.05, 4.69) is 5.32 Å². The van der Waals surface area contributed by atoms with E-state index in [0.29, 0.717) is 11.4 Å². The summed E-state index contributed by atoms with van der Waals surface area (Å²) in [5.74, 6) is 0.523. The van der Waals surface area contributed by atoms with E-state index in [4.69, 9.17) is 4.74 Å². The normalized spacial score (nSPS) is 23.8. The first-order valence-corrected chi connectivity index (χ1v) is 5.02. The van der Waals surface area contributed by atoms with Crippen molar-refractivity contribution in [3.63, 3.8) is 0 Å². The second kappa shape index (κ2) is 4.25. The fraction of sp³-hybridized carbons (Fsp3) is 0.455. The summed E-state index contributed by atoms with van der Waals surface area (Å²) in [4.78, 5) is 0. The van der Waals surface area contributed by atoms with E-state index < -0.39 is 18.6 Å². The van der Waals surface area contributed by atoms with Crippen molar-refractivity contribution in [1.82, 2.24) is 0 Å². The molecule has 1 aliphatic heterocycles. The summed E-state index contributed by atoms with van der Waals surface area (Å²) in [5, 5.41) is 12.2. The minimum Gasteiger partial charge on any atom is -0.495 e. The number of alkyl halides is 2. The Balaban J connectivity index is 2.36. The maximum atomic E-state index is 12.6. The van der Waals surface area contributed by atoms with Gasteiger partial charge in [0.05, 0.1) is 18.9 Å². The Labute approximate surface area is 92.0 Å². The molecule has 0 saturated carbocycles. The highest BCUT2D eigenvalue weighted by Gasteiger charge is 2.34. The number of rotatable bonds is 2. The molecule has 0 bridgehead atoms. The number of aliphatic hydroxyl groups is 1. The molecule has 3 nitrogen and oxygen atoms in total. The highest BCUT2D eigenvalue weighted by atomic mass is 19.3. The number of anilines is 1. The van der Waals surface area contributed by atoms with Gasteiger partial charge in [0.1, 0.15) is 11.8 Å². The number of fused-ring (bicyclic) bond motifs is 1. The lowest BCUT2D eigenvalue weighted by atomic mass is 9.95. The zero-order valence-corrected chi connectivity index (χ0v) is 8.78. The lowest BCUT2D eigenvalue weighted by Crippen LogP contribution is -2.44. The number of benzene rings is 1. The van der Waals surface area contributed by atoms with Crippen LogP contribution in [-0.2, 0) is 6.42 Å². The number of halogens is 2. The summed E-state index contributed by atoms with van der Waals surface area (Å²) < 4.78 is 30.4. The van der Waals surface area contributed by atoms with Crippen molar-refractivity contribution in [2.45, 2.75) is 25.0 Å². The van der Waals surface area contributed by atoms with Gasteiger partial charge in [0, 0.05) is 6.42 Å². The molecule has 0 saturated heterocycles. The molecule has 0 spiro atoms. The third-order valence-corrected chi connectivity index (χ3v) is 2.76. The summed E-state index contributed by atoms with van der Waals surface area (Å²) in [6, 6.07) is 4.03. The van der Waals surface area contributed by atoms with E-state index in [1.807, 2.05) is 0 Å². The smallest absolute Gasteiger partial charge is 0.260 e. The number of hydrogen-bond acceptors (Lipinski definition) is 3. The van der Waals surface area contributed by atoms with Crippen molar-refractivity contribution in [1.29, 1.82) is 0 Å². The van der Waals surface area contributed by atoms with E-state index in [1.54, 1.807) is 18.2 Å². The van der Waals surface area contributed by atoms with Gasteiger partial charge in [0.25, 0.3) is 6.43 Å². The van der Waals surface area contributed by atoms with Gasteiger partial charge in [-0.15, -0.1) is 0 Å². The van der Waals surface area contributed by atoms with Crippen LogP contribution in [0.15, 0.2) is 18.2 Å². The molecular weight excluding hydrogens is 216 g/mol. The molecule has 2 rings (SSSR count). The molecule has 1 heterocycles. The maximum Gasteiger partial charge on any atom is 0.260 e. The van der Waals surface area contributed by atoms with Crippen LogP contribution in [0.5, 0.6) is 5.75 Å². The van der Waals surface area contributed by atoms with Gasteiger partial charge in [-0.25, -0.2) is 8.78 Å². The number of para-hydroxylation sites is 1. The lowest BCUT2D eigenvalue weighted by Gasteiger charge is -2.31. The molecule has 0 aliphatic carbocycles. The SMILES string of the molecule is COc1cccc2c1NC(C(F)F)C(O)C2. The topological polar surface area (TPSA) is 41.5 Å². The molecule has 2 unspecified atom stereocenters. The van der Waals surface area contributed by atoms with Crippen LogP contribution >= 0.6 is 0 Å². The molecule has 1 aliphatic rings. The predicted molar refractivity (Wildman–Crippen MR) is 56.1 cm³/mol. The molecule has 16 heavy (non-hydrogen) atoms. The van der Waals surface area contributed by atoms with Crippen LogP contribution in [0, 0.1) is 0 Å². The highest BCUT2D eigenvalue weighted by Crippen LogP contribution is 2.34. The Bertz CT molecular complexity index is 384. The molecule has 5 heteroatoms. The van der Waals surface area contributed by atoms with Gasteiger partial charge < -0.3 is 15.2 Å². The molecule has 2 N–H and O–H groups in total. The largest absolute Gasteiger partial charge is 0.495 e. The zero-order valence-electron chi connectivity index (χ0n) is 8.78. The minimum absolute atomic E-state index is 0.217. The van der Waals surface area contributed by atoms with Gasteiger partial charge in [0.15, 0.2) is 0 Å². The molecule has 0 aromatic heterocycles. The molecule has 88 valence electrons. The van der Waals surface area contributed by atoms with Crippen LogP contribution in [0.4, 0.5) is 14.5 Å². The fourth-order valence-corrected chi connectivity index (χ4v) is 1.93. The second-order valence-electron chi connectivity index (χ2n) is 3.77. The van der Waals surface area contributed by atoms with Crippen LogP contribution < -0.4 is 10.1 Å². The number of aliphatic hydroxyl groups excluding tert-OH is 1. The third-order valence-electron chi connectivity index (χ3n) is 2.76. The van der Waals surface area contributed by atoms with Crippen molar-refractivity contribution >= 4 is 5.69 Å². The quantitative estimate of drug-likeness (QED) is 0.810. The highest BCUT2D eigenvalue weighted by molar-refractivity contribution is 5.64. The van der Waals surface area contributed by atoms with E-state index >= 15 is 0 Å². The number of nitrogens with one attached hydrogen (secondary N) is 1. The van der Waals surface area contributed by atoms with Gasteiger partial charge >= 0.3 is 0 Å². The maximum absolute atomic E-state index is 12.6. The first-order chi connectivity index (χ1) is 7.63. The molecule has 1 aromatic rings. The molecule has 0 fully saturated rings. The number of ether oxygens (including phenoxy) is 1. The van der Waals surface area contributed by atoms with Crippen LogP contribution in [0.25, 0.3) is 0 Å². The Morgan fingerprint density at radius 2 is 2.25 bits per heavy atom. The Hall–Kier alpha value is -1.36. The summed E-state index contributed by atoms with van der Waals surface area (Å²) >= 11 is 0. The third kappa shape index (κ3) is 1.82. The average molecular weight is 229 g/mol. The molecule has 0 amide bonds. The van der Waals surface area contributed by atoms with Crippen LogP contribution in [0.2, 0.25) is 0 Å². The van der Waals surface area contributed by atoms with Crippen LogP contribution in [0.1, 0.15) is 5.56 Å². The zero-order chi connectivity index (χ0) is 11.7. The summed E-state index contributed by atoms with van der Waals surface area (Å²) in [6.07, 6.45) is -3.46. The van der Waals surface area contributed by atoms with Crippen molar-refractivity contribution in [3.05, 3.63) is 23.8 Å². The van der Waals surface area contributed by atoms with E-state index in [-0.39, 0.29) is 6.42 Å². The van der Waals surface area contributed by atoms with Gasteiger partial charge in [-0.1, -0.05) is 12.1 Å². The van der Waals surface area contributed by atoms with Crippen molar-refractivity contribution in [2.24, 2.45) is 0 Å². The van der Waals surface area contributed by atoms with Crippen LogP contribution in [0.3, 0.4) is 0 Å². The first kappa shape index (κ1) is 11.1. The standard InChI is InChI=1S/C11H13F2NO2/c1-16-8-4-2-3-6-5-7(15)10(11(12)13)14-9(6)8/h2-4,7,10-11,14-15H,5H2,1H3. The van der Waals surface area contributed by atoms with E-state index in [0.717, 1.165) is 5.56 Å². The summed E-state index contributed by atoms with van der Waals surface area (Å²) in [6.45, 7) is 0. The Morgan fingerprint density at radius 3 is 2.88 bits per heavy atom. The first-order valence-electron chi connectivity index (χ1n) is 5.02. The van der Waals surface area contributed by atoms with Crippen molar-refractivity contribution in [2.75, 3.05) is 12.4 Å². The average Bonchev–Trinajstić information content (AvgIpc) is 2.26. The van der Waals surface area contributed by atoms with Gasteiger partial charge in [0.2, 0.25) is 0 Å². The monoisotopic (exact) mass is 229 g/mol. The lowest BCUT2D eigenvalue weighted by molar-refractivity contribution is 0.0425. The Morgan fingerprint density at radius 1 is 1.50 bits per heavy atom. The molecule has 1 aromatic carbocycles. The second-order valence-corrected chi connectivity index (χ2v) is 3.77. The van der Waals surface area contributed by atoms with E-state index in [9.17, 15) is 13.9 Å². The minimum atomic E-state index is -2.60.